The fraction of sp³-hybridized carbons (Fsp3) is 0.840. The number of hydrogen-bond donors (Lipinski definition) is 1. The lowest BCUT2D eigenvalue weighted by Crippen LogP contribution is -2.37. The van der Waals surface area contributed by atoms with E-state index in [1.807, 2.05) is 0 Å². The Kier molecular flexibility index (Phi) is 10.4. The molecule has 1 aliphatic heterocycles. The molecular formula is C25H46N4O. The predicted octanol–water partition coefficient (Wildman–Crippen LogP) is 5.21. The molecule has 1 aliphatic rings. The number of aromatic nitrogens is 2. The molecule has 30 heavy (non-hydrogen) atoms. The van der Waals surface area contributed by atoms with Gasteiger partial charge in [-0.05, 0) is 71.8 Å². The molecule has 5 nitrogen and oxygen atoms in total. The average Bonchev–Trinajstić information content (AvgIpc) is 3.26. The highest BCUT2D eigenvalue weighted by Gasteiger charge is 2.29. The Labute approximate surface area is 185 Å². The number of hydrogen-bond acceptors (Lipinski definition) is 3. The highest BCUT2D eigenvalue weighted by molar-refractivity contribution is 5.73. The minimum Gasteiger partial charge on any atom is -0.354 e. The van der Waals surface area contributed by atoms with Crippen LogP contribution in [0.15, 0.2) is 0 Å². The van der Waals surface area contributed by atoms with E-state index in [2.05, 4.69) is 49.4 Å². The quantitative estimate of drug-likeness (QED) is 0.478. The van der Waals surface area contributed by atoms with Crippen LogP contribution in [0.3, 0.4) is 0 Å². The molecule has 172 valence electrons. The zero-order valence-corrected chi connectivity index (χ0v) is 20.5. The summed E-state index contributed by atoms with van der Waals surface area (Å²) >= 11 is 0. The molecule has 0 saturated carbocycles. The molecule has 1 aromatic rings. The molecule has 2 heterocycles. The largest absolute Gasteiger partial charge is 0.354 e. The van der Waals surface area contributed by atoms with E-state index in [9.17, 15) is 4.79 Å². The van der Waals surface area contributed by atoms with E-state index < -0.39 is 0 Å². The average molecular weight is 419 g/mol. The van der Waals surface area contributed by atoms with Gasteiger partial charge in [0.2, 0.25) is 5.91 Å². The van der Waals surface area contributed by atoms with Gasteiger partial charge in [-0.3, -0.25) is 4.79 Å². The normalized spacial score (nSPS) is 19.2. The lowest BCUT2D eigenvalue weighted by atomic mass is 10.0. The standard InChI is InChI=1S/C25H46N4O/c1-7-10-14-24-25(12-8-2)29(20(5)27-24)22(9-3)18-23-13-11-16-28(23)17-15-19(4)26-21(6)30/h19,22-23H,7-18H2,1-6H3,(H,26,30). The number of rotatable bonds is 13. The van der Waals surface area contributed by atoms with Crippen LogP contribution in [-0.2, 0) is 17.6 Å². The molecule has 0 aliphatic carbocycles. The summed E-state index contributed by atoms with van der Waals surface area (Å²) in [5.41, 5.74) is 2.85. The number of amides is 1. The van der Waals surface area contributed by atoms with Gasteiger partial charge < -0.3 is 14.8 Å². The van der Waals surface area contributed by atoms with Crippen LogP contribution in [0.2, 0.25) is 0 Å². The molecule has 1 N–H and O–H groups in total. The summed E-state index contributed by atoms with van der Waals surface area (Å²) in [7, 11) is 0. The molecule has 1 fully saturated rings. The van der Waals surface area contributed by atoms with Gasteiger partial charge in [0.1, 0.15) is 5.82 Å². The number of imidazole rings is 1. The van der Waals surface area contributed by atoms with Gasteiger partial charge in [-0.2, -0.15) is 0 Å². The van der Waals surface area contributed by atoms with Crippen LogP contribution in [0.1, 0.15) is 109 Å². The van der Waals surface area contributed by atoms with Crippen molar-refractivity contribution in [3.05, 3.63) is 17.2 Å². The zero-order valence-electron chi connectivity index (χ0n) is 20.5. The first-order valence-electron chi connectivity index (χ1n) is 12.5. The summed E-state index contributed by atoms with van der Waals surface area (Å²) in [6, 6.07) is 1.43. The summed E-state index contributed by atoms with van der Waals surface area (Å²) in [4.78, 5) is 19.0. The van der Waals surface area contributed by atoms with Crippen LogP contribution >= 0.6 is 0 Å². The molecule has 1 aromatic heterocycles. The van der Waals surface area contributed by atoms with Crippen molar-refractivity contribution in [1.29, 1.82) is 0 Å². The molecule has 0 aromatic carbocycles. The van der Waals surface area contributed by atoms with Crippen molar-refractivity contribution < 1.29 is 4.79 Å². The lowest BCUT2D eigenvalue weighted by Gasteiger charge is -2.30. The first-order valence-corrected chi connectivity index (χ1v) is 12.5. The SMILES string of the molecule is CCCCc1nc(C)n(C(CC)CC2CCCN2CCC(C)NC(C)=O)c1CCC. The van der Waals surface area contributed by atoms with Gasteiger partial charge in [0.15, 0.2) is 0 Å². The second-order valence-corrected chi connectivity index (χ2v) is 9.30. The summed E-state index contributed by atoms with van der Waals surface area (Å²) in [6.45, 7) is 15.1. The fourth-order valence-electron chi connectivity index (χ4n) is 5.18. The van der Waals surface area contributed by atoms with Crippen molar-refractivity contribution in [2.24, 2.45) is 0 Å². The third kappa shape index (κ3) is 6.83. The molecule has 0 spiro atoms. The van der Waals surface area contributed by atoms with E-state index in [0.717, 1.165) is 32.2 Å². The number of carbonyl (C=O) groups excluding carboxylic acids is 1. The summed E-state index contributed by atoms with van der Waals surface area (Å²) in [6.07, 6.45) is 11.9. The first kappa shape index (κ1) is 24.9. The van der Waals surface area contributed by atoms with E-state index in [1.54, 1.807) is 6.92 Å². The van der Waals surface area contributed by atoms with Crippen LogP contribution in [0, 0.1) is 6.92 Å². The first-order chi connectivity index (χ1) is 14.4. The number of carbonyl (C=O) groups is 1. The molecule has 0 bridgehead atoms. The molecule has 3 unspecified atom stereocenters. The van der Waals surface area contributed by atoms with Gasteiger partial charge in [-0.25, -0.2) is 4.98 Å². The molecule has 1 saturated heterocycles. The Morgan fingerprint density at radius 2 is 2.00 bits per heavy atom. The number of likely N-dealkylation sites (tertiary alicyclic amines) is 1. The van der Waals surface area contributed by atoms with Crippen molar-refractivity contribution >= 4 is 5.91 Å². The van der Waals surface area contributed by atoms with Crippen LogP contribution in [0.5, 0.6) is 0 Å². The van der Waals surface area contributed by atoms with Crippen LogP contribution in [0.25, 0.3) is 0 Å². The van der Waals surface area contributed by atoms with Crippen molar-refractivity contribution in [2.75, 3.05) is 13.1 Å². The van der Waals surface area contributed by atoms with E-state index >= 15 is 0 Å². The van der Waals surface area contributed by atoms with Crippen LogP contribution in [0.4, 0.5) is 0 Å². The topological polar surface area (TPSA) is 50.2 Å². The highest BCUT2D eigenvalue weighted by atomic mass is 16.1. The van der Waals surface area contributed by atoms with Gasteiger partial charge >= 0.3 is 0 Å². The van der Waals surface area contributed by atoms with Gasteiger partial charge in [-0.1, -0.05) is 33.6 Å². The molecule has 3 atom stereocenters. The fourth-order valence-corrected chi connectivity index (χ4v) is 5.18. The molecule has 5 heteroatoms. The number of nitrogens with zero attached hydrogens (tertiary/aromatic N) is 3. The van der Waals surface area contributed by atoms with E-state index in [1.165, 1.54) is 62.3 Å². The van der Waals surface area contributed by atoms with E-state index in [-0.39, 0.29) is 11.9 Å². The summed E-state index contributed by atoms with van der Waals surface area (Å²) in [5, 5.41) is 3.03. The highest BCUT2D eigenvalue weighted by Crippen LogP contribution is 2.31. The van der Waals surface area contributed by atoms with Crippen molar-refractivity contribution in [3.8, 4) is 0 Å². The number of unbranched alkanes of at least 4 members (excludes halogenated alkanes) is 1. The Morgan fingerprint density at radius 1 is 1.23 bits per heavy atom. The Bertz CT molecular complexity index is 654. The van der Waals surface area contributed by atoms with Gasteiger partial charge in [0.05, 0.1) is 5.69 Å². The second kappa shape index (κ2) is 12.5. The monoisotopic (exact) mass is 418 g/mol. The van der Waals surface area contributed by atoms with Gasteiger partial charge in [0.25, 0.3) is 0 Å². The number of nitrogens with one attached hydrogen (secondary N) is 1. The van der Waals surface area contributed by atoms with Crippen molar-refractivity contribution in [1.82, 2.24) is 19.8 Å². The maximum absolute atomic E-state index is 11.3. The van der Waals surface area contributed by atoms with Crippen LogP contribution < -0.4 is 5.32 Å². The maximum Gasteiger partial charge on any atom is 0.217 e. The molecular weight excluding hydrogens is 372 g/mol. The summed E-state index contributed by atoms with van der Waals surface area (Å²) in [5.74, 6) is 1.28. The minimum atomic E-state index is 0.0735. The Morgan fingerprint density at radius 3 is 2.63 bits per heavy atom. The van der Waals surface area contributed by atoms with Crippen LogP contribution in [-0.4, -0.2) is 45.5 Å². The summed E-state index contributed by atoms with van der Waals surface area (Å²) < 4.78 is 2.60. The van der Waals surface area contributed by atoms with Crippen molar-refractivity contribution in [3.63, 3.8) is 0 Å². The Hall–Kier alpha value is -1.36. The van der Waals surface area contributed by atoms with E-state index in [0.29, 0.717) is 12.1 Å². The van der Waals surface area contributed by atoms with E-state index in [4.69, 9.17) is 4.98 Å². The third-order valence-electron chi connectivity index (χ3n) is 6.70. The predicted molar refractivity (Wildman–Crippen MR) is 126 cm³/mol. The molecule has 1 amide bonds. The maximum atomic E-state index is 11.3. The third-order valence-corrected chi connectivity index (χ3v) is 6.70. The number of aryl methyl sites for hydroxylation is 2. The second-order valence-electron chi connectivity index (χ2n) is 9.30. The molecule has 0 radical (unpaired) electrons. The van der Waals surface area contributed by atoms with Gasteiger partial charge in [-0.15, -0.1) is 0 Å². The minimum absolute atomic E-state index is 0.0735. The molecule has 2 rings (SSSR count). The Balaban J connectivity index is 2.10. The smallest absolute Gasteiger partial charge is 0.217 e. The van der Waals surface area contributed by atoms with Crippen molar-refractivity contribution in [2.45, 2.75) is 124 Å². The van der Waals surface area contributed by atoms with Gasteiger partial charge in [0, 0.05) is 37.3 Å². The zero-order chi connectivity index (χ0) is 22.1. The lowest BCUT2D eigenvalue weighted by molar-refractivity contribution is -0.119.